The molecule has 2 heterocycles. The summed E-state index contributed by atoms with van der Waals surface area (Å²) in [7, 11) is 0. The number of aryl methyl sites for hydroxylation is 2. The fraction of sp³-hybridized carbons (Fsp3) is 0.188. The molecule has 1 amide bonds. The maximum absolute atomic E-state index is 11.0. The molecule has 0 fully saturated rings. The molecule has 22 heavy (non-hydrogen) atoms. The molecule has 1 aromatic carbocycles. The SMILES string of the molecule is CC(=O)Nc1ccc(-c2cn3c(C)c(Br)c(C)nc3n2)cc1. The molecular weight excluding hydrogens is 344 g/mol. The van der Waals surface area contributed by atoms with Crippen molar-refractivity contribution in [2.45, 2.75) is 20.8 Å². The summed E-state index contributed by atoms with van der Waals surface area (Å²) in [6.07, 6.45) is 1.97. The first-order chi connectivity index (χ1) is 10.5. The third kappa shape index (κ3) is 2.62. The molecule has 3 aromatic rings. The lowest BCUT2D eigenvalue weighted by Gasteiger charge is -2.04. The summed E-state index contributed by atoms with van der Waals surface area (Å²) in [6.45, 7) is 5.47. The second-order valence-electron chi connectivity index (χ2n) is 5.15. The van der Waals surface area contributed by atoms with Crippen LogP contribution < -0.4 is 5.32 Å². The standard InChI is InChI=1S/C16H15BrN4O/c1-9-15(17)10(2)21-8-14(20-16(21)18-9)12-4-6-13(7-5-12)19-11(3)22/h4-8H,1-3H3,(H,19,22). The fourth-order valence-electron chi connectivity index (χ4n) is 2.33. The lowest BCUT2D eigenvalue weighted by atomic mass is 10.1. The highest BCUT2D eigenvalue weighted by Gasteiger charge is 2.11. The van der Waals surface area contributed by atoms with Gasteiger partial charge in [0.25, 0.3) is 0 Å². The van der Waals surface area contributed by atoms with Gasteiger partial charge in [0.2, 0.25) is 11.7 Å². The number of imidazole rings is 1. The van der Waals surface area contributed by atoms with Gasteiger partial charge in [-0.2, -0.15) is 0 Å². The van der Waals surface area contributed by atoms with Crippen LogP contribution in [0, 0.1) is 13.8 Å². The summed E-state index contributed by atoms with van der Waals surface area (Å²) in [5.74, 6) is 0.597. The normalized spacial score (nSPS) is 10.9. The molecular formula is C16H15BrN4O. The summed E-state index contributed by atoms with van der Waals surface area (Å²) < 4.78 is 2.96. The number of hydrogen-bond donors (Lipinski definition) is 1. The smallest absolute Gasteiger partial charge is 0.234 e. The minimum atomic E-state index is -0.0827. The highest BCUT2D eigenvalue weighted by molar-refractivity contribution is 9.10. The Morgan fingerprint density at radius 2 is 1.86 bits per heavy atom. The van der Waals surface area contributed by atoms with Gasteiger partial charge in [-0.1, -0.05) is 12.1 Å². The quantitative estimate of drug-likeness (QED) is 0.759. The molecule has 0 saturated heterocycles. The Morgan fingerprint density at radius 1 is 1.18 bits per heavy atom. The van der Waals surface area contributed by atoms with Crippen molar-refractivity contribution >= 4 is 33.3 Å². The summed E-state index contributed by atoms with van der Waals surface area (Å²) in [5, 5.41) is 2.75. The Balaban J connectivity index is 2.03. The van der Waals surface area contributed by atoms with E-state index in [9.17, 15) is 4.79 Å². The van der Waals surface area contributed by atoms with Gasteiger partial charge >= 0.3 is 0 Å². The first-order valence-electron chi connectivity index (χ1n) is 6.85. The van der Waals surface area contributed by atoms with Crippen LogP contribution in [0.1, 0.15) is 18.3 Å². The van der Waals surface area contributed by atoms with E-state index in [0.717, 1.165) is 32.8 Å². The maximum atomic E-state index is 11.0. The van der Waals surface area contributed by atoms with Crippen LogP contribution in [0.4, 0.5) is 5.69 Å². The van der Waals surface area contributed by atoms with Crippen molar-refractivity contribution in [3.63, 3.8) is 0 Å². The molecule has 0 aliphatic heterocycles. The Hall–Kier alpha value is -2.21. The van der Waals surface area contributed by atoms with Crippen molar-refractivity contribution in [1.82, 2.24) is 14.4 Å². The van der Waals surface area contributed by atoms with E-state index in [0.29, 0.717) is 5.78 Å². The van der Waals surface area contributed by atoms with Gasteiger partial charge in [-0.3, -0.25) is 9.20 Å². The molecule has 0 atom stereocenters. The van der Waals surface area contributed by atoms with Crippen LogP contribution in [0.25, 0.3) is 17.0 Å². The third-order valence-corrected chi connectivity index (χ3v) is 4.60. The summed E-state index contributed by atoms with van der Waals surface area (Å²) in [5.41, 5.74) is 4.59. The Morgan fingerprint density at radius 3 is 2.50 bits per heavy atom. The Kier molecular flexibility index (Phi) is 3.70. The van der Waals surface area contributed by atoms with Crippen LogP contribution in [0.2, 0.25) is 0 Å². The zero-order chi connectivity index (χ0) is 15.9. The predicted molar refractivity (Wildman–Crippen MR) is 89.9 cm³/mol. The molecule has 3 rings (SSSR count). The van der Waals surface area contributed by atoms with E-state index in [-0.39, 0.29) is 5.91 Å². The van der Waals surface area contributed by atoms with Gasteiger partial charge in [-0.25, -0.2) is 9.97 Å². The van der Waals surface area contributed by atoms with E-state index in [1.165, 1.54) is 6.92 Å². The molecule has 2 aromatic heterocycles. The molecule has 112 valence electrons. The summed E-state index contributed by atoms with van der Waals surface area (Å²) in [6, 6.07) is 7.60. The van der Waals surface area contributed by atoms with Crippen LogP contribution in [-0.4, -0.2) is 20.3 Å². The van der Waals surface area contributed by atoms with Crippen LogP contribution in [0.5, 0.6) is 0 Å². The number of carbonyl (C=O) groups is 1. The van der Waals surface area contributed by atoms with Gasteiger partial charge in [-0.15, -0.1) is 0 Å². The number of rotatable bonds is 2. The van der Waals surface area contributed by atoms with E-state index in [1.54, 1.807) is 0 Å². The van der Waals surface area contributed by atoms with Gasteiger partial charge in [-0.05, 0) is 41.9 Å². The number of benzene rings is 1. The first kappa shape index (κ1) is 14.7. The largest absolute Gasteiger partial charge is 0.326 e. The molecule has 0 saturated carbocycles. The minimum absolute atomic E-state index is 0.0827. The van der Waals surface area contributed by atoms with E-state index in [4.69, 9.17) is 0 Å². The van der Waals surface area contributed by atoms with Gasteiger partial charge in [0, 0.05) is 30.1 Å². The van der Waals surface area contributed by atoms with Gasteiger partial charge < -0.3 is 5.32 Å². The van der Waals surface area contributed by atoms with Crippen molar-refractivity contribution in [3.8, 4) is 11.3 Å². The number of fused-ring (bicyclic) bond motifs is 1. The molecule has 0 bridgehead atoms. The summed E-state index contributed by atoms with van der Waals surface area (Å²) in [4.78, 5) is 20.1. The number of halogens is 1. The van der Waals surface area contributed by atoms with Crippen molar-refractivity contribution in [2.24, 2.45) is 0 Å². The number of aromatic nitrogens is 3. The molecule has 0 aliphatic rings. The first-order valence-corrected chi connectivity index (χ1v) is 7.65. The zero-order valence-electron chi connectivity index (χ0n) is 12.5. The van der Waals surface area contributed by atoms with Crippen molar-refractivity contribution in [1.29, 1.82) is 0 Å². The van der Waals surface area contributed by atoms with Crippen LogP contribution in [0.15, 0.2) is 34.9 Å². The molecule has 0 spiro atoms. The minimum Gasteiger partial charge on any atom is -0.326 e. The van der Waals surface area contributed by atoms with E-state index < -0.39 is 0 Å². The van der Waals surface area contributed by atoms with Crippen LogP contribution in [0.3, 0.4) is 0 Å². The molecule has 1 N–H and O–H groups in total. The second kappa shape index (κ2) is 5.53. The lowest BCUT2D eigenvalue weighted by molar-refractivity contribution is -0.114. The number of hydrogen-bond acceptors (Lipinski definition) is 3. The topological polar surface area (TPSA) is 59.3 Å². The molecule has 0 unspecified atom stereocenters. The Labute approximate surface area is 136 Å². The van der Waals surface area contributed by atoms with Crippen molar-refractivity contribution < 1.29 is 4.79 Å². The number of amides is 1. The lowest BCUT2D eigenvalue weighted by Crippen LogP contribution is -2.05. The maximum Gasteiger partial charge on any atom is 0.234 e. The third-order valence-electron chi connectivity index (χ3n) is 3.45. The monoisotopic (exact) mass is 358 g/mol. The van der Waals surface area contributed by atoms with Crippen LogP contribution in [-0.2, 0) is 4.79 Å². The number of nitrogens with one attached hydrogen (secondary N) is 1. The number of carbonyl (C=O) groups excluding carboxylic acids is 1. The van der Waals surface area contributed by atoms with Gasteiger partial charge in [0.15, 0.2) is 0 Å². The molecule has 0 aliphatic carbocycles. The van der Waals surface area contributed by atoms with E-state index in [2.05, 4.69) is 31.2 Å². The van der Waals surface area contributed by atoms with Gasteiger partial charge in [0.1, 0.15) is 0 Å². The number of nitrogens with zero attached hydrogens (tertiary/aromatic N) is 3. The van der Waals surface area contributed by atoms with Crippen molar-refractivity contribution in [3.05, 3.63) is 46.3 Å². The Bertz CT molecular complexity index is 868. The molecule has 5 nitrogen and oxygen atoms in total. The highest BCUT2D eigenvalue weighted by atomic mass is 79.9. The molecule has 0 radical (unpaired) electrons. The summed E-state index contributed by atoms with van der Waals surface area (Å²) >= 11 is 3.55. The average molecular weight is 359 g/mol. The predicted octanol–water partition coefficient (Wildman–Crippen LogP) is 3.73. The van der Waals surface area contributed by atoms with Crippen molar-refractivity contribution in [2.75, 3.05) is 5.32 Å². The zero-order valence-corrected chi connectivity index (χ0v) is 14.1. The van der Waals surface area contributed by atoms with E-state index in [1.807, 2.05) is 48.7 Å². The fourth-order valence-corrected chi connectivity index (χ4v) is 2.61. The number of anilines is 1. The molecule has 6 heteroatoms. The second-order valence-corrected chi connectivity index (χ2v) is 5.94. The highest BCUT2D eigenvalue weighted by Crippen LogP contribution is 2.25. The van der Waals surface area contributed by atoms with Gasteiger partial charge in [0.05, 0.1) is 15.9 Å². The average Bonchev–Trinajstić information content (AvgIpc) is 2.89. The van der Waals surface area contributed by atoms with Crippen LogP contribution >= 0.6 is 15.9 Å². The van der Waals surface area contributed by atoms with E-state index >= 15 is 0 Å².